The van der Waals surface area contributed by atoms with Gasteiger partial charge in [0.05, 0.1) is 0 Å². The van der Waals surface area contributed by atoms with Gasteiger partial charge in [-0.1, -0.05) is 18.2 Å². The van der Waals surface area contributed by atoms with Crippen LogP contribution in [0.25, 0.3) is 0 Å². The Bertz CT molecular complexity index is 178. The molecule has 0 saturated carbocycles. The zero-order chi connectivity index (χ0) is 7.82. The summed E-state index contributed by atoms with van der Waals surface area (Å²) in [7, 11) is -1.50. The number of hydrogen-bond acceptors (Lipinski definition) is 1. The second-order valence-electron chi connectivity index (χ2n) is 1.40. The van der Waals surface area contributed by atoms with E-state index in [4.69, 9.17) is 9.46 Å². The van der Waals surface area contributed by atoms with Gasteiger partial charge in [-0.2, -0.15) is 0 Å². The van der Waals surface area contributed by atoms with Gasteiger partial charge in [-0.05, 0) is 12.1 Å². The Morgan fingerprint density at radius 3 is 1.90 bits per heavy atom. The van der Waals surface area contributed by atoms with Crippen LogP contribution in [0.4, 0.5) is 4.39 Å². The quantitative estimate of drug-likeness (QED) is 0.586. The molecule has 10 heavy (non-hydrogen) atoms. The SMILES string of the molecule is Fc1ccccc1.O=[PH2]O. The van der Waals surface area contributed by atoms with Crippen LogP contribution in [0.15, 0.2) is 30.3 Å². The van der Waals surface area contributed by atoms with Crippen molar-refractivity contribution in [1.29, 1.82) is 0 Å². The normalized spacial score (nSPS) is 9.00. The van der Waals surface area contributed by atoms with E-state index in [1.165, 1.54) is 12.1 Å². The van der Waals surface area contributed by atoms with Gasteiger partial charge in [-0.3, -0.25) is 4.57 Å². The first-order valence-electron chi connectivity index (χ1n) is 2.59. The summed E-state index contributed by atoms with van der Waals surface area (Å²) < 4.78 is 20.5. The van der Waals surface area contributed by atoms with Gasteiger partial charge < -0.3 is 4.89 Å². The number of hydrogen-bond donors (Lipinski definition) is 1. The smallest absolute Gasteiger partial charge is 0.177 e. The summed E-state index contributed by atoms with van der Waals surface area (Å²) in [4.78, 5) is 7.10. The van der Waals surface area contributed by atoms with E-state index < -0.39 is 8.69 Å². The summed E-state index contributed by atoms with van der Waals surface area (Å²) in [6, 6.07) is 7.94. The Hall–Kier alpha value is -0.660. The van der Waals surface area contributed by atoms with Gasteiger partial charge >= 0.3 is 0 Å². The van der Waals surface area contributed by atoms with Crippen LogP contribution in [0.5, 0.6) is 0 Å². The van der Waals surface area contributed by atoms with E-state index in [0.717, 1.165) is 0 Å². The molecule has 4 heteroatoms. The lowest BCUT2D eigenvalue weighted by Crippen LogP contribution is -1.63. The fourth-order valence-corrected chi connectivity index (χ4v) is 0.415. The van der Waals surface area contributed by atoms with E-state index in [1.54, 1.807) is 18.2 Å². The van der Waals surface area contributed by atoms with Crippen LogP contribution in [-0.2, 0) is 4.57 Å². The molecule has 0 bridgehead atoms. The Balaban J connectivity index is 0.000000236. The molecule has 0 aliphatic heterocycles. The maximum atomic E-state index is 11.9. The first-order valence-corrected chi connectivity index (χ1v) is 3.58. The molecule has 0 fully saturated rings. The van der Waals surface area contributed by atoms with Crippen LogP contribution < -0.4 is 0 Å². The van der Waals surface area contributed by atoms with Crippen LogP contribution in [0.3, 0.4) is 0 Å². The lowest BCUT2D eigenvalue weighted by atomic mass is 10.4. The molecule has 1 N–H and O–H groups in total. The zero-order valence-electron chi connectivity index (χ0n) is 5.20. The zero-order valence-corrected chi connectivity index (χ0v) is 6.35. The number of benzene rings is 1. The standard InChI is InChI=1S/C6H5F.H3O2P/c7-6-4-2-1-3-5-6;1-3-2/h1-5H;3H2,(H,1,2). The molecular formula is C6H8FO2P. The molecule has 1 rings (SSSR count). The van der Waals surface area contributed by atoms with Gasteiger partial charge in [-0.15, -0.1) is 0 Å². The summed E-state index contributed by atoms with van der Waals surface area (Å²) in [6.07, 6.45) is 0. The molecule has 0 heterocycles. The van der Waals surface area contributed by atoms with E-state index in [1.807, 2.05) is 0 Å². The third-order valence-corrected chi connectivity index (χ3v) is 0.733. The Morgan fingerprint density at radius 1 is 1.30 bits per heavy atom. The van der Waals surface area contributed by atoms with Crippen molar-refractivity contribution in [2.45, 2.75) is 0 Å². The average Bonchev–Trinajstić information content (AvgIpc) is 1.91. The molecule has 0 radical (unpaired) electrons. The minimum Gasteiger partial charge on any atom is -0.348 e. The van der Waals surface area contributed by atoms with Gasteiger partial charge in [0.2, 0.25) is 0 Å². The largest absolute Gasteiger partial charge is 0.348 e. The number of halogens is 1. The van der Waals surface area contributed by atoms with Gasteiger partial charge in [0.25, 0.3) is 0 Å². The molecular weight excluding hydrogens is 154 g/mol. The second kappa shape index (κ2) is 6.46. The molecule has 2 nitrogen and oxygen atoms in total. The minimum absolute atomic E-state index is 0.178. The van der Waals surface area contributed by atoms with E-state index in [2.05, 4.69) is 0 Å². The summed E-state index contributed by atoms with van der Waals surface area (Å²) in [5.74, 6) is -0.178. The molecule has 1 atom stereocenters. The van der Waals surface area contributed by atoms with Gasteiger partial charge in [0.1, 0.15) is 5.82 Å². The highest BCUT2D eigenvalue weighted by Crippen LogP contribution is 1.91. The summed E-state index contributed by atoms with van der Waals surface area (Å²) in [5, 5.41) is 0. The topological polar surface area (TPSA) is 37.3 Å². The van der Waals surface area contributed by atoms with Crippen LogP contribution >= 0.6 is 8.69 Å². The summed E-state index contributed by atoms with van der Waals surface area (Å²) >= 11 is 0. The van der Waals surface area contributed by atoms with Crippen molar-refractivity contribution in [2.75, 3.05) is 0 Å². The highest BCUT2D eigenvalue weighted by Gasteiger charge is 1.77. The third-order valence-electron chi connectivity index (χ3n) is 0.733. The summed E-state index contributed by atoms with van der Waals surface area (Å²) in [6.45, 7) is 0. The van der Waals surface area contributed by atoms with Crippen molar-refractivity contribution in [3.63, 3.8) is 0 Å². The monoisotopic (exact) mass is 162 g/mol. The predicted octanol–water partition coefficient (Wildman–Crippen LogP) is 1.48. The van der Waals surface area contributed by atoms with Gasteiger partial charge in [0.15, 0.2) is 8.69 Å². The van der Waals surface area contributed by atoms with Crippen molar-refractivity contribution in [3.05, 3.63) is 36.1 Å². The van der Waals surface area contributed by atoms with Gasteiger partial charge in [0, 0.05) is 0 Å². The highest BCUT2D eigenvalue weighted by molar-refractivity contribution is 7.16. The molecule has 0 aliphatic carbocycles. The van der Waals surface area contributed by atoms with E-state index in [9.17, 15) is 4.39 Å². The van der Waals surface area contributed by atoms with E-state index in [-0.39, 0.29) is 5.82 Å². The minimum atomic E-state index is -1.50. The van der Waals surface area contributed by atoms with E-state index >= 15 is 0 Å². The second-order valence-corrected chi connectivity index (χ2v) is 1.61. The highest BCUT2D eigenvalue weighted by atomic mass is 31.1. The molecule has 1 aromatic rings. The van der Waals surface area contributed by atoms with Gasteiger partial charge in [-0.25, -0.2) is 4.39 Å². The average molecular weight is 162 g/mol. The Morgan fingerprint density at radius 2 is 1.70 bits per heavy atom. The lowest BCUT2D eigenvalue weighted by Gasteiger charge is -1.78. The Kier molecular flexibility index (Phi) is 6.03. The van der Waals surface area contributed by atoms with Crippen LogP contribution in [0.2, 0.25) is 0 Å². The number of rotatable bonds is 0. The molecule has 1 aromatic carbocycles. The third kappa shape index (κ3) is 5.48. The molecule has 0 aromatic heterocycles. The fourth-order valence-electron chi connectivity index (χ4n) is 0.415. The van der Waals surface area contributed by atoms with Crippen molar-refractivity contribution < 1.29 is 13.8 Å². The van der Waals surface area contributed by atoms with Crippen LogP contribution in [-0.4, -0.2) is 4.89 Å². The van der Waals surface area contributed by atoms with Crippen molar-refractivity contribution in [3.8, 4) is 0 Å². The Labute approximate surface area is 59.6 Å². The molecule has 0 amide bonds. The molecule has 0 aliphatic rings. The lowest BCUT2D eigenvalue weighted by molar-refractivity contribution is 0.524. The van der Waals surface area contributed by atoms with Crippen molar-refractivity contribution >= 4 is 8.69 Å². The molecule has 0 spiro atoms. The maximum absolute atomic E-state index is 11.9. The van der Waals surface area contributed by atoms with Crippen LogP contribution in [0, 0.1) is 5.82 Å². The fraction of sp³-hybridized carbons (Fsp3) is 0. The molecule has 1 unspecified atom stereocenters. The van der Waals surface area contributed by atoms with Crippen molar-refractivity contribution in [2.24, 2.45) is 0 Å². The van der Waals surface area contributed by atoms with Crippen molar-refractivity contribution in [1.82, 2.24) is 0 Å². The van der Waals surface area contributed by atoms with E-state index in [0.29, 0.717) is 0 Å². The summed E-state index contributed by atoms with van der Waals surface area (Å²) in [5.41, 5.74) is 0. The first-order chi connectivity index (χ1) is 4.81. The maximum Gasteiger partial charge on any atom is 0.177 e. The molecule has 0 saturated heterocycles. The van der Waals surface area contributed by atoms with Crippen LogP contribution in [0.1, 0.15) is 0 Å². The first kappa shape index (κ1) is 9.34. The predicted molar refractivity (Wildman–Crippen MR) is 39.0 cm³/mol. The molecule has 56 valence electrons.